The van der Waals surface area contributed by atoms with Crippen LogP contribution in [0.1, 0.15) is 6.92 Å². The van der Waals surface area contributed by atoms with Crippen molar-refractivity contribution < 1.29 is 14.3 Å². The van der Waals surface area contributed by atoms with E-state index in [0.717, 1.165) is 11.3 Å². The summed E-state index contributed by atoms with van der Waals surface area (Å²) in [6.07, 6.45) is 0. The number of aromatic nitrogens is 3. The number of hydrogen-bond acceptors (Lipinski definition) is 5. The fourth-order valence-electron chi connectivity index (χ4n) is 2.45. The van der Waals surface area contributed by atoms with Gasteiger partial charge < -0.3 is 10.4 Å². The molecule has 140 valence electrons. The molecule has 0 aliphatic heterocycles. The average Bonchev–Trinajstić information content (AvgIpc) is 3.11. The Morgan fingerprint density at radius 1 is 1.19 bits per heavy atom. The molecule has 1 heterocycles. The topological polar surface area (TPSA) is 80.0 Å². The number of hydrogen-bond donors (Lipinski definition) is 2. The van der Waals surface area contributed by atoms with Crippen molar-refractivity contribution in [1.29, 1.82) is 0 Å². The quantitative estimate of drug-likeness (QED) is 0.610. The predicted molar refractivity (Wildman–Crippen MR) is 102 cm³/mol. The zero-order valence-corrected chi connectivity index (χ0v) is 15.5. The van der Waals surface area contributed by atoms with Gasteiger partial charge in [0.1, 0.15) is 5.82 Å². The number of rotatable bonds is 7. The van der Waals surface area contributed by atoms with E-state index in [1.807, 2.05) is 34.9 Å². The van der Waals surface area contributed by atoms with Gasteiger partial charge in [0.15, 0.2) is 11.0 Å². The van der Waals surface area contributed by atoms with Crippen molar-refractivity contribution in [2.45, 2.75) is 18.1 Å². The van der Waals surface area contributed by atoms with Crippen LogP contribution in [-0.2, 0) is 4.79 Å². The molecule has 8 heteroatoms. The third-order valence-corrected chi connectivity index (χ3v) is 4.69. The van der Waals surface area contributed by atoms with E-state index >= 15 is 0 Å². The second-order valence-electron chi connectivity index (χ2n) is 5.92. The van der Waals surface area contributed by atoms with Crippen LogP contribution >= 0.6 is 11.8 Å². The molecule has 6 nitrogen and oxygen atoms in total. The number of halogens is 1. The summed E-state index contributed by atoms with van der Waals surface area (Å²) in [6, 6.07) is 15.2. The lowest BCUT2D eigenvalue weighted by molar-refractivity contribution is -0.119. The van der Waals surface area contributed by atoms with Gasteiger partial charge in [0.25, 0.3) is 0 Å². The summed E-state index contributed by atoms with van der Waals surface area (Å²) in [5.41, 5.74) is 1.56. The van der Waals surface area contributed by atoms with Crippen LogP contribution in [0.5, 0.6) is 0 Å². The summed E-state index contributed by atoms with van der Waals surface area (Å²) in [4.78, 5) is 12.0. The van der Waals surface area contributed by atoms with Crippen LogP contribution in [0.4, 0.5) is 4.39 Å². The van der Waals surface area contributed by atoms with Crippen molar-refractivity contribution >= 4 is 17.7 Å². The maximum absolute atomic E-state index is 13.3. The monoisotopic (exact) mass is 386 g/mol. The molecule has 0 bridgehead atoms. The van der Waals surface area contributed by atoms with E-state index < -0.39 is 0 Å². The van der Waals surface area contributed by atoms with Gasteiger partial charge in [0.2, 0.25) is 5.91 Å². The van der Waals surface area contributed by atoms with Crippen molar-refractivity contribution in [3.05, 3.63) is 60.4 Å². The van der Waals surface area contributed by atoms with Gasteiger partial charge in [-0.05, 0) is 43.3 Å². The van der Waals surface area contributed by atoms with E-state index in [1.54, 1.807) is 19.1 Å². The molecule has 0 aliphatic carbocycles. The highest BCUT2D eigenvalue weighted by Crippen LogP contribution is 2.28. The van der Waals surface area contributed by atoms with E-state index in [2.05, 4.69) is 15.5 Å². The zero-order valence-electron chi connectivity index (χ0n) is 14.7. The Kier molecular flexibility index (Phi) is 6.20. The number of aliphatic hydroxyl groups excluding tert-OH is 1. The zero-order chi connectivity index (χ0) is 19.2. The van der Waals surface area contributed by atoms with Gasteiger partial charge in [-0.3, -0.25) is 9.36 Å². The summed E-state index contributed by atoms with van der Waals surface area (Å²) in [5, 5.41) is 20.7. The molecule has 1 amide bonds. The Hall–Kier alpha value is -2.71. The highest BCUT2D eigenvalue weighted by Gasteiger charge is 2.17. The molecule has 0 saturated carbocycles. The number of nitrogens with zero attached hydrogens (tertiary/aromatic N) is 3. The van der Waals surface area contributed by atoms with Gasteiger partial charge in [0, 0.05) is 17.3 Å². The molecule has 3 rings (SSSR count). The Labute approximate surface area is 160 Å². The fourth-order valence-corrected chi connectivity index (χ4v) is 3.21. The molecule has 0 aliphatic rings. The first kappa shape index (κ1) is 19.1. The first-order valence-corrected chi connectivity index (χ1v) is 9.37. The molecule has 0 radical (unpaired) electrons. The third-order valence-electron chi connectivity index (χ3n) is 3.76. The molecule has 0 fully saturated rings. The van der Waals surface area contributed by atoms with Crippen molar-refractivity contribution in [1.82, 2.24) is 20.1 Å². The number of nitrogens with one attached hydrogen (secondary N) is 1. The number of benzene rings is 2. The second-order valence-corrected chi connectivity index (χ2v) is 6.87. The number of amides is 1. The van der Waals surface area contributed by atoms with Gasteiger partial charge in [-0.1, -0.05) is 30.0 Å². The molecule has 1 aromatic heterocycles. The van der Waals surface area contributed by atoms with Gasteiger partial charge in [-0.25, -0.2) is 4.39 Å². The van der Waals surface area contributed by atoms with E-state index in [-0.39, 0.29) is 30.1 Å². The van der Waals surface area contributed by atoms with Crippen molar-refractivity contribution in [2.24, 2.45) is 0 Å². The van der Waals surface area contributed by atoms with Crippen LogP contribution in [-0.4, -0.2) is 44.2 Å². The highest BCUT2D eigenvalue weighted by atomic mass is 32.2. The lowest BCUT2D eigenvalue weighted by Crippen LogP contribution is -2.36. The molecule has 27 heavy (non-hydrogen) atoms. The maximum Gasteiger partial charge on any atom is 0.230 e. The molecule has 2 N–H and O–H groups in total. The minimum absolute atomic E-state index is 0.120. The summed E-state index contributed by atoms with van der Waals surface area (Å²) >= 11 is 1.24. The minimum atomic E-state index is -0.325. The summed E-state index contributed by atoms with van der Waals surface area (Å²) in [6.45, 7) is 1.60. The van der Waals surface area contributed by atoms with Crippen molar-refractivity contribution in [2.75, 3.05) is 12.4 Å². The SMILES string of the molecule is CC(CO)NC(=O)CSc1nnc(-c2ccc(F)cc2)n1-c1ccccc1. The standard InChI is InChI=1S/C19H19FN4O2S/c1-13(11-25)21-17(26)12-27-19-23-22-18(14-7-9-15(20)10-8-14)24(19)16-5-3-2-4-6-16/h2-10,13,25H,11-12H2,1H3,(H,21,26). The molecular formula is C19H19FN4O2S. The normalized spacial score (nSPS) is 12.0. The molecule has 2 aromatic carbocycles. The molecule has 0 spiro atoms. The number of carbonyl (C=O) groups is 1. The molecule has 1 atom stereocenters. The predicted octanol–water partition coefficient (Wildman–Crippen LogP) is 2.66. The summed E-state index contributed by atoms with van der Waals surface area (Å²) in [7, 11) is 0. The molecule has 3 aromatic rings. The average molecular weight is 386 g/mol. The first-order chi connectivity index (χ1) is 13.1. The lowest BCUT2D eigenvalue weighted by Gasteiger charge is -2.12. The number of para-hydroxylation sites is 1. The number of aliphatic hydroxyl groups is 1. The fraction of sp³-hybridized carbons (Fsp3) is 0.211. The van der Waals surface area contributed by atoms with Crippen molar-refractivity contribution in [3.8, 4) is 17.1 Å². The van der Waals surface area contributed by atoms with Crippen LogP contribution in [0.3, 0.4) is 0 Å². The van der Waals surface area contributed by atoms with E-state index in [1.165, 1.54) is 23.9 Å². The Bertz CT molecular complexity index is 900. The largest absolute Gasteiger partial charge is 0.394 e. The smallest absolute Gasteiger partial charge is 0.230 e. The van der Waals surface area contributed by atoms with Crippen LogP contribution in [0, 0.1) is 5.82 Å². The van der Waals surface area contributed by atoms with Gasteiger partial charge >= 0.3 is 0 Å². The van der Waals surface area contributed by atoms with Gasteiger partial charge in [-0.15, -0.1) is 10.2 Å². The Morgan fingerprint density at radius 2 is 1.89 bits per heavy atom. The molecule has 0 saturated heterocycles. The molecular weight excluding hydrogens is 367 g/mol. The Morgan fingerprint density at radius 3 is 2.56 bits per heavy atom. The third kappa shape index (κ3) is 4.72. The maximum atomic E-state index is 13.3. The first-order valence-electron chi connectivity index (χ1n) is 8.38. The van der Waals surface area contributed by atoms with Crippen LogP contribution in [0.2, 0.25) is 0 Å². The van der Waals surface area contributed by atoms with E-state index in [9.17, 15) is 9.18 Å². The lowest BCUT2D eigenvalue weighted by atomic mass is 10.2. The van der Waals surface area contributed by atoms with Crippen LogP contribution in [0.25, 0.3) is 17.1 Å². The summed E-state index contributed by atoms with van der Waals surface area (Å²) in [5.74, 6) is 0.174. The van der Waals surface area contributed by atoms with Crippen LogP contribution in [0.15, 0.2) is 59.8 Å². The van der Waals surface area contributed by atoms with E-state index in [0.29, 0.717) is 11.0 Å². The second kappa shape index (κ2) is 8.79. The van der Waals surface area contributed by atoms with Crippen molar-refractivity contribution in [3.63, 3.8) is 0 Å². The summed E-state index contributed by atoms with van der Waals surface area (Å²) < 4.78 is 15.1. The Balaban J connectivity index is 1.90. The van der Waals surface area contributed by atoms with E-state index in [4.69, 9.17) is 5.11 Å². The van der Waals surface area contributed by atoms with Gasteiger partial charge in [0.05, 0.1) is 12.4 Å². The molecule has 1 unspecified atom stereocenters. The van der Waals surface area contributed by atoms with Gasteiger partial charge in [-0.2, -0.15) is 0 Å². The number of carbonyl (C=O) groups excluding carboxylic acids is 1. The van der Waals surface area contributed by atoms with Crippen LogP contribution < -0.4 is 5.32 Å². The minimum Gasteiger partial charge on any atom is -0.394 e. The highest BCUT2D eigenvalue weighted by molar-refractivity contribution is 7.99. The number of thioether (sulfide) groups is 1.